The molecule has 2 aromatic heterocycles. The van der Waals surface area contributed by atoms with E-state index < -0.39 is 15.9 Å². The predicted octanol–water partition coefficient (Wildman–Crippen LogP) is 6.73. The van der Waals surface area contributed by atoms with Gasteiger partial charge in [0.1, 0.15) is 45.2 Å². The fourth-order valence-electron chi connectivity index (χ4n) is 4.26. The van der Waals surface area contributed by atoms with Crippen LogP contribution in [0.4, 0.5) is 15.9 Å². The maximum Gasteiger partial charge on any atom is 0.149 e. The van der Waals surface area contributed by atoms with Crippen LogP contribution >= 0.6 is 22.9 Å². The van der Waals surface area contributed by atoms with E-state index in [0.29, 0.717) is 34.4 Å². The van der Waals surface area contributed by atoms with Gasteiger partial charge in [0.05, 0.1) is 22.3 Å². The Morgan fingerprint density at radius 1 is 1.12 bits per heavy atom. The monoisotopic (exact) mass is 623 g/mol. The highest BCUT2D eigenvalue weighted by Gasteiger charge is 2.20. The molecule has 0 saturated carbocycles. The van der Waals surface area contributed by atoms with Crippen LogP contribution < -0.4 is 15.4 Å². The topological polar surface area (TPSA) is 106 Å². The minimum atomic E-state index is -3.22. The zero-order valence-electron chi connectivity index (χ0n) is 22.6. The molecule has 2 N–H and O–H groups in total. The first kappa shape index (κ1) is 29.6. The number of rotatable bonds is 12. The van der Waals surface area contributed by atoms with Gasteiger partial charge in [0.15, 0.2) is 0 Å². The summed E-state index contributed by atoms with van der Waals surface area (Å²) in [6, 6.07) is 16.9. The van der Waals surface area contributed by atoms with Crippen LogP contribution in [0.2, 0.25) is 5.02 Å². The molecule has 0 aliphatic rings. The molecular formula is C30H27ClFN5O3S2. The number of anilines is 2. The summed E-state index contributed by atoms with van der Waals surface area (Å²) in [6.07, 6.45) is 6.09. The number of halogens is 2. The SMILES string of the molecule is C=CCN[C@H](CS(C)(=O)=O)c1cnc(-c2ccc3ncnc(Nc4ccc(OCc5cccc(F)c5)c(Cl)c4)c3c2)s1. The van der Waals surface area contributed by atoms with E-state index in [-0.39, 0.29) is 18.2 Å². The molecule has 0 aliphatic heterocycles. The van der Waals surface area contributed by atoms with E-state index in [0.717, 1.165) is 26.4 Å². The Morgan fingerprint density at radius 2 is 1.98 bits per heavy atom. The fraction of sp³-hybridized carbons (Fsp3) is 0.167. The number of ether oxygens (including phenoxy) is 1. The smallest absolute Gasteiger partial charge is 0.149 e. The van der Waals surface area contributed by atoms with Crippen molar-refractivity contribution in [3.63, 3.8) is 0 Å². The van der Waals surface area contributed by atoms with Gasteiger partial charge >= 0.3 is 0 Å². The normalized spacial score (nSPS) is 12.3. The molecule has 8 nitrogen and oxygen atoms in total. The van der Waals surface area contributed by atoms with Crippen LogP contribution in [0.15, 0.2) is 85.8 Å². The average molecular weight is 624 g/mol. The van der Waals surface area contributed by atoms with E-state index in [9.17, 15) is 12.8 Å². The molecule has 1 atom stereocenters. The number of nitrogens with zero attached hydrogens (tertiary/aromatic N) is 3. The first-order valence-corrected chi connectivity index (χ1v) is 16.1. The van der Waals surface area contributed by atoms with Gasteiger partial charge in [0.25, 0.3) is 0 Å². The second-order valence-corrected chi connectivity index (χ2v) is 13.2. The zero-order chi connectivity index (χ0) is 29.7. The maximum absolute atomic E-state index is 13.5. The third kappa shape index (κ3) is 7.48. The predicted molar refractivity (Wildman–Crippen MR) is 167 cm³/mol. The molecule has 0 fully saturated rings. The molecule has 0 spiro atoms. The fourth-order valence-corrected chi connectivity index (χ4v) is 6.49. The summed E-state index contributed by atoms with van der Waals surface area (Å²) in [6.45, 7) is 4.36. The molecule has 0 saturated heterocycles. The minimum Gasteiger partial charge on any atom is -0.487 e. The van der Waals surface area contributed by atoms with Gasteiger partial charge in [-0.2, -0.15) is 0 Å². The first-order chi connectivity index (χ1) is 20.2. The van der Waals surface area contributed by atoms with E-state index >= 15 is 0 Å². The quantitative estimate of drug-likeness (QED) is 0.147. The molecule has 5 rings (SSSR count). The van der Waals surface area contributed by atoms with E-state index in [4.69, 9.17) is 16.3 Å². The molecule has 42 heavy (non-hydrogen) atoms. The second kappa shape index (κ2) is 13.0. The van der Waals surface area contributed by atoms with Gasteiger partial charge in [-0.25, -0.2) is 27.8 Å². The number of hydrogen-bond donors (Lipinski definition) is 2. The number of sulfone groups is 1. The Balaban J connectivity index is 1.36. The lowest BCUT2D eigenvalue weighted by atomic mass is 10.1. The summed E-state index contributed by atoms with van der Waals surface area (Å²) < 4.78 is 43.3. The van der Waals surface area contributed by atoms with Crippen LogP contribution in [-0.2, 0) is 16.4 Å². The minimum absolute atomic E-state index is 0.0424. The molecule has 0 amide bonds. The van der Waals surface area contributed by atoms with E-state index in [1.807, 2.05) is 24.3 Å². The van der Waals surface area contributed by atoms with Crippen molar-refractivity contribution >= 4 is 55.2 Å². The summed E-state index contributed by atoms with van der Waals surface area (Å²) in [5.41, 5.74) is 2.97. The summed E-state index contributed by atoms with van der Waals surface area (Å²) in [5, 5.41) is 8.41. The number of fused-ring (bicyclic) bond motifs is 1. The van der Waals surface area contributed by atoms with E-state index in [1.54, 1.807) is 36.5 Å². The Hall–Kier alpha value is -3.90. The lowest BCUT2D eigenvalue weighted by Gasteiger charge is -2.14. The van der Waals surface area contributed by atoms with Crippen LogP contribution in [-0.4, -0.2) is 41.9 Å². The van der Waals surface area contributed by atoms with Crippen molar-refractivity contribution in [2.75, 3.05) is 23.9 Å². The average Bonchev–Trinajstić information content (AvgIpc) is 3.45. The number of thiazole rings is 1. The molecular weight excluding hydrogens is 597 g/mol. The lowest BCUT2D eigenvalue weighted by molar-refractivity contribution is 0.306. The van der Waals surface area contributed by atoms with Crippen LogP contribution in [0.3, 0.4) is 0 Å². The maximum atomic E-state index is 13.5. The highest BCUT2D eigenvalue weighted by Crippen LogP contribution is 2.34. The van der Waals surface area contributed by atoms with Gasteiger partial charge in [0.2, 0.25) is 0 Å². The number of aromatic nitrogens is 3. The third-order valence-corrected chi connectivity index (χ3v) is 8.60. The molecule has 5 aromatic rings. The summed E-state index contributed by atoms with van der Waals surface area (Å²) in [4.78, 5) is 14.2. The standard InChI is InChI=1S/C30H27ClFN5O3S2/c1-3-11-33-26(17-42(2,38)39)28-15-34-30(41-28)20-7-9-25-23(13-20)29(36-18-35-25)37-22-8-10-27(24(31)14-22)40-16-19-5-4-6-21(32)12-19/h3-10,12-15,18,26,33H,1,11,16-17H2,2H3,(H,35,36,37)/t26-/m1/s1. The van der Waals surface area contributed by atoms with Crippen molar-refractivity contribution in [3.05, 3.63) is 107 Å². The second-order valence-electron chi connectivity index (χ2n) is 9.55. The van der Waals surface area contributed by atoms with Gasteiger partial charge < -0.3 is 15.4 Å². The van der Waals surface area contributed by atoms with Crippen molar-refractivity contribution in [3.8, 4) is 16.3 Å². The number of nitrogens with one attached hydrogen (secondary N) is 2. The molecule has 216 valence electrons. The molecule has 12 heteroatoms. The van der Waals surface area contributed by atoms with Gasteiger partial charge in [0, 0.05) is 40.5 Å². The van der Waals surface area contributed by atoms with Crippen LogP contribution in [0.25, 0.3) is 21.5 Å². The Kier molecular flexibility index (Phi) is 9.12. The largest absolute Gasteiger partial charge is 0.487 e. The molecule has 3 aromatic carbocycles. The van der Waals surface area contributed by atoms with Crippen LogP contribution in [0.5, 0.6) is 5.75 Å². The zero-order valence-corrected chi connectivity index (χ0v) is 24.9. The van der Waals surface area contributed by atoms with Crippen molar-refractivity contribution in [1.82, 2.24) is 20.3 Å². The first-order valence-electron chi connectivity index (χ1n) is 12.8. The molecule has 0 bridgehead atoms. The summed E-state index contributed by atoms with van der Waals surface area (Å²) in [5.74, 6) is 0.677. The number of hydrogen-bond acceptors (Lipinski definition) is 9. The van der Waals surface area contributed by atoms with Gasteiger partial charge in [-0.3, -0.25) is 0 Å². The Bertz CT molecular complexity index is 1850. The molecule has 0 aliphatic carbocycles. The van der Waals surface area contributed by atoms with E-state index in [2.05, 4.69) is 32.2 Å². The number of benzene rings is 3. The third-order valence-electron chi connectivity index (χ3n) is 6.21. The Labute approximate surface area is 252 Å². The highest BCUT2D eigenvalue weighted by molar-refractivity contribution is 7.90. The molecule has 2 heterocycles. The van der Waals surface area contributed by atoms with Crippen molar-refractivity contribution < 1.29 is 17.5 Å². The highest BCUT2D eigenvalue weighted by atomic mass is 35.5. The van der Waals surface area contributed by atoms with E-state index in [1.165, 1.54) is 36.1 Å². The Morgan fingerprint density at radius 3 is 2.74 bits per heavy atom. The summed E-state index contributed by atoms with van der Waals surface area (Å²) in [7, 11) is -3.22. The van der Waals surface area contributed by atoms with Crippen molar-refractivity contribution in [2.45, 2.75) is 12.6 Å². The molecule has 0 unspecified atom stereocenters. The van der Waals surface area contributed by atoms with Gasteiger partial charge in [-0.1, -0.05) is 29.8 Å². The van der Waals surface area contributed by atoms with Crippen LogP contribution in [0.1, 0.15) is 16.5 Å². The van der Waals surface area contributed by atoms with Crippen molar-refractivity contribution in [2.24, 2.45) is 0 Å². The van der Waals surface area contributed by atoms with Crippen LogP contribution in [0, 0.1) is 5.82 Å². The van der Waals surface area contributed by atoms with Crippen molar-refractivity contribution in [1.29, 1.82) is 0 Å². The molecule has 0 radical (unpaired) electrons. The van der Waals surface area contributed by atoms with Gasteiger partial charge in [-0.15, -0.1) is 17.9 Å². The lowest BCUT2D eigenvalue weighted by Crippen LogP contribution is -2.27. The van der Waals surface area contributed by atoms with Gasteiger partial charge in [-0.05, 0) is 54.1 Å². The summed E-state index contributed by atoms with van der Waals surface area (Å²) >= 11 is 7.91.